The molecule has 720 valence electrons. The van der Waals surface area contributed by atoms with E-state index in [9.17, 15) is 103 Å². The number of halogens is 18. The van der Waals surface area contributed by atoms with Crippen LogP contribution in [0.4, 0.5) is 88.6 Å². The van der Waals surface area contributed by atoms with Crippen LogP contribution in [0.2, 0.25) is 0 Å². The van der Waals surface area contributed by atoms with Crippen LogP contribution in [-0.2, 0) is 126 Å². The number of carbonyl (C=O) groups excluding carboxylic acids is 4. The van der Waals surface area contributed by atoms with Crippen molar-refractivity contribution in [3.63, 3.8) is 0 Å². The number of amides is 2. The van der Waals surface area contributed by atoms with Gasteiger partial charge < -0.3 is 57.3 Å². The van der Waals surface area contributed by atoms with Gasteiger partial charge in [-0.05, 0) is 158 Å². The minimum absolute atomic E-state index is 0.0217. The number of carbonyl (C=O) groups is 4. The lowest BCUT2D eigenvalue weighted by Gasteiger charge is -2.53. The number of ether oxygens (including phenoxy) is 7. The highest BCUT2D eigenvalue weighted by molar-refractivity contribution is 5.81. The second kappa shape index (κ2) is 41.2. The Balaban J connectivity index is 0.000000183. The quantitative estimate of drug-likeness (QED) is 0.0306. The van der Waals surface area contributed by atoms with Crippen molar-refractivity contribution >= 4 is 24.1 Å². The Labute approximate surface area is 760 Å². The highest BCUT2D eigenvalue weighted by Gasteiger charge is 2.59. The average Bonchev–Trinajstić information content (AvgIpc) is 1.54. The number of rotatable bonds is 25. The predicted molar refractivity (Wildman–Crippen MR) is 444 cm³/mol. The molecule has 0 unspecified atom stereocenters. The summed E-state index contributed by atoms with van der Waals surface area (Å²) in [4.78, 5) is 57.2. The molecule has 9 atom stereocenters. The molecule has 0 radical (unpaired) electrons. The molecule has 3 fully saturated rings. The smallest absolute Gasteiger partial charge is 0.416 e. The molecule has 0 bridgehead atoms. The first-order valence-electron chi connectivity index (χ1n) is 41.7. The van der Waals surface area contributed by atoms with Crippen LogP contribution < -0.4 is 5.32 Å². The van der Waals surface area contributed by atoms with Gasteiger partial charge in [0.15, 0.2) is 11.1 Å². The Morgan fingerprint density at radius 2 is 0.667 bits per heavy atom. The van der Waals surface area contributed by atoms with Crippen molar-refractivity contribution in [3.8, 4) is 0 Å². The SMILES string of the molecule is COC(=O)[C@@]1(n2cnnc2)CC[C@@](CO[C@H](C)c2cc(C(F)(F)F)cc(C(F)(F)F)c2)(c2ccccc2)N(C(=O)OCc2ccccc2)C1.COC(=O)[C@@]1(n2cnnc2)CC[C@@](CO[C@H](C)c2cc(C(F)(F)F)cc(C(F)(F)F)c2)(c2ccccc2)NC1.C[C@@H](OC[C@@]1(c2ccccc2)CC[C@@](CO)(n2cnnc2)CN1C(=O)OCc1ccccc1)c1cc(C(F)(F)F)cc(C(F)(F)F)c1. The summed E-state index contributed by atoms with van der Waals surface area (Å²) in [7, 11) is 2.46. The van der Waals surface area contributed by atoms with E-state index in [1.54, 1.807) is 143 Å². The maximum Gasteiger partial charge on any atom is 0.416 e. The third kappa shape index (κ3) is 23.1. The van der Waals surface area contributed by atoms with E-state index in [0.29, 0.717) is 65.1 Å². The van der Waals surface area contributed by atoms with Crippen molar-refractivity contribution in [1.29, 1.82) is 0 Å². The maximum absolute atomic E-state index is 14.2. The predicted octanol–water partition coefficient (Wildman–Crippen LogP) is 19.6. The standard InChI is InChI=1S/C34H32F6N4O5.C33H32F6N4O4.C26H26F6N4O3/c1-23(25-15-27(33(35,36)37)17-28(16-25)34(38,39)40)49-20-32(26-11-7-4-8-12-26)14-13-31(29(45)47-2,43-21-41-42-22-43)19-44(32)30(46)48-18-24-9-5-3-6-10-24;1-23(25-14-27(32(34,35)36)16-28(15-25)33(37,38)39)47-20-31(26-10-6-3-7-11-26)13-12-30(19-44,42-21-40-41-22-42)18-43(31)29(45)46-17-24-8-4-2-5-9-24;1-17(18-10-20(25(27,28)29)12-21(11-18)26(30,31)32)39-14-23(19-6-4-3-5-7-19)8-9-24(13-33-23,22(37)38-2)36-15-34-35-16-36/h3-12,15-17,21-23H,13-14,18-20H2,1-2H3;2-11,14-16,21-23,44H,12-13,17-20H2,1H3;3-7,10-12,15-17,33H,8-9,13-14H2,1-2H3/t23-,31-,32-;23-,30-,31-;17-,23-,24-/m111/s1. The van der Waals surface area contributed by atoms with E-state index < -0.39 is 159 Å². The fourth-order valence-corrected chi connectivity index (χ4v) is 16.7. The molecule has 135 heavy (non-hydrogen) atoms. The summed E-state index contributed by atoms with van der Waals surface area (Å²) in [6, 6.07) is 48.1. The summed E-state index contributed by atoms with van der Waals surface area (Å²) in [5.41, 5.74) is -13.7. The van der Waals surface area contributed by atoms with Crippen LogP contribution in [0.1, 0.15) is 155 Å². The molecule has 11 aromatic rings. The summed E-state index contributed by atoms with van der Waals surface area (Å²) in [5.74, 6) is -1.22. The zero-order valence-electron chi connectivity index (χ0n) is 72.6. The molecule has 3 aliphatic heterocycles. The lowest BCUT2D eigenvalue weighted by atomic mass is 9.74. The highest BCUT2D eigenvalue weighted by Crippen LogP contribution is 2.51. The topological polar surface area (TPSA) is 264 Å². The van der Waals surface area contributed by atoms with E-state index in [1.807, 2.05) is 18.2 Å². The van der Waals surface area contributed by atoms with Crippen LogP contribution in [0, 0.1) is 0 Å². The van der Waals surface area contributed by atoms with Gasteiger partial charge in [0, 0.05) is 6.54 Å². The van der Waals surface area contributed by atoms with Gasteiger partial charge in [0.25, 0.3) is 0 Å². The van der Waals surface area contributed by atoms with E-state index in [0.717, 1.165) is 5.56 Å². The number of esters is 2. The van der Waals surface area contributed by atoms with Crippen molar-refractivity contribution in [3.05, 3.63) is 322 Å². The second-order valence-corrected chi connectivity index (χ2v) is 32.8. The first-order chi connectivity index (χ1) is 63.8. The van der Waals surface area contributed by atoms with Crippen molar-refractivity contribution in [2.45, 2.75) is 161 Å². The Morgan fingerprint density at radius 1 is 0.370 bits per heavy atom. The Kier molecular flexibility index (Phi) is 30.9. The van der Waals surface area contributed by atoms with Gasteiger partial charge in [-0.15, -0.1) is 30.6 Å². The third-order valence-corrected chi connectivity index (χ3v) is 24.5. The Hall–Kier alpha value is -12.8. The molecule has 6 heterocycles. The summed E-state index contributed by atoms with van der Waals surface area (Å²) in [5, 5.41) is 36.9. The fraction of sp³-hybridized carbons (Fsp3) is 0.376. The highest BCUT2D eigenvalue weighted by atomic mass is 19.4. The number of aliphatic hydroxyl groups is 1. The van der Waals surface area contributed by atoms with Gasteiger partial charge in [-0.25, -0.2) is 19.2 Å². The molecule has 3 aliphatic rings. The molecule has 3 saturated heterocycles. The van der Waals surface area contributed by atoms with Crippen LogP contribution in [0.15, 0.2) is 244 Å². The monoisotopic (exact) mass is 1910 g/mol. The number of hydrogen-bond donors (Lipinski definition) is 2. The minimum atomic E-state index is -5.05. The lowest BCUT2D eigenvalue weighted by Crippen LogP contribution is -2.64. The second-order valence-electron chi connectivity index (χ2n) is 32.8. The molecule has 8 aromatic carbocycles. The minimum Gasteiger partial charge on any atom is -0.467 e. The largest absolute Gasteiger partial charge is 0.467 e. The van der Waals surface area contributed by atoms with Crippen LogP contribution in [-0.4, -0.2) is 144 Å². The van der Waals surface area contributed by atoms with Crippen LogP contribution in [0.3, 0.4) is 0 Å². The van der Waals surface area contributed by atoms with Gasteiger partial charge in [0.05, 0.1) is 128 Å². The average molecular weight is 1910 g/mol. The fourth-order valence-electron chi connectivity index (χ4n) is 16.7. The molecular weight excluding hydrogens is 1820 g/mol. The van der Waals surface area contributed by atoms with Gasteiger partial charge in [-0.3, -0.25) is 9.80 Å². The van der Waals surface area contributed by atoms with Crippen LogP contribution in [0.25, 0.3) is 0 Å². The molecule has 3 aromatic heterocycles. The molecule has 2 N–H and O–H groups in total. The third-order valence-electron chi connectivity index (χ3n) is 24.5. The number of likely N-dealkylation sites (tertiary alicyclic amines) is 2. The number of hydrogen-bond acceptors (Lipinski definition) is 19. The van der Waals surface area contributed by atoms with Gasteiger partial charge in [-0.1, -0.05) is 152 Å². The van der Waals surface area contributed by atoms with Gasteiger partial charge >= 0.3 is 61.2 Å². The van der Waals surface area contributed by atoms with Gasteiger partial charge in [-0.2, -0.15) is 79.0 Å². The number of alkyl halides is 18. The summed E-state index contributed by atoms with van der Waals surface area (Å²) in [6.07, 6.45) is -26.0. The molecule has 0 aliphatic carbocycles. The molecule has 42 heteroatoms. The number of aromatic nitrogens is 9. The molecule has 0 spiro atoms. The van der Waals surface area contributed by atoms with E-state index >= 15 is 0 Å². The summed E-state index contributed by atoms with van der Waals surface area (Å²) >= 11 is 0. The van der Waals surface area contributed by atoms with Crippen molar-refractivity contribution in [2.24, 2.45) is 0 Å². The summed E-state index contributed by atoms with van der Waals surface area (Å²) < 4.78 is 288. The Bertz CT molecular complexity index is 5650. The molecule has 24 nitrogen and oxygen atoms in total. The van der Waals surface area contributed by atoms with Gasteiger partial charge in [0.2, 0.25) is 0 Å². The molecule has 0 saturated carbocycles. The normalized spacial score (nSPS) is 21.3. The van der Waals surface area contributed by atoms with Crippen LogP contribution in [0.5, 0.6) is 0 Å². The van der Waals surface area contributed by atoms with Crippen molar-refractivity contribution < 1.29 is 136 Å². The van der Waals surface area contributed by atoms with Gasteiger partial charge in [0.1, 0.15) is 51.2 Å². The molecule has 2 amide bonds. The number of nitrogens with zero attached hydrogens (tertiary/aromatic N) is 11. The van der Waals surface area contributed by atoms with Crippen LogP contribution >= 0.6 is 0 Å². The van der Waals surface area contributed by atoms with Crippen molar-refractivity contribution in [1.82, 2.24) is 59.4 Å². The Morgan fingerprint density at radius 3 is 0.993 bits per heavy atom. The first kappa shape index (κ1) is 101. The summed E-state index contributed by atoms with van der Waals surface area (Å²) in [6.45, 7) is 2.27. The number of piperidine rings is 3. The van der Waals surface area contributed by atoms with E-state index in [1.165, 1.54) is 87.3 Å². The number of aliphatic hydroxyl groups excluding tert-OH is 1. The van der Waals surface area contributed by atoms with E-state index in [-0.39, 0.29) is 113 Å². The maximum atomic E-state index is 14.2. The molecule has 14 rings (SSSR count). The van der Waals surface area contributed by atoms with Crippen molar-refractivity contribution in [2.75, 3.05) is 60.3 Å². The number of nitrogens with one attached hydrogen (secondary N) is 1. The number of benzene rings is 8. The van der Waals surface area contributed by atoms with E-state index in [2.05, 4.69) is 35.9 Å². The lowest BCUT2D eigenvalue weighted by molar-refractivity contribution is -0.160. The zero-order chi connectivity index (χ0) is 97.8. The first-order valence-corrected chi connectivity index (χ1v) is 41.7. The molecular formula is C93H90F18N12O12. The van der Waals surface area contributed by atoms with E-state index in [4.69, 9.17) is 33.2 Å². The zero-order valence-corrected chi connectivity index (χ0v) is 72.6. The number of methoxy groups -OCH3 is 2.